The zero-order valence-corrected chi connectivity index (χ0v) is 20.9. The summed E-state index contributed by atoms with van der Waals surface area (Å²) in [5.74, 6) is 0.701. The van der Waals surface area contributed by atoms with Crippen LogP contribution in [0.15, 0.2) is 30.5 Å². The van der Waals surface area contributed by atoms with Crippen molar-refractivity contribution in [2.45, 2.75) is 56.6 Å². The number of piperidine rings is 1. The molecule has 2 atom stereocenters. The van der Waals surface area contributed by atoms with Gasteiger partial charge in [0.05, 0.1) is 18.5 Å². The maximum absolute atomic E-state index is 13.1. The van der Waals surface area contributed by atoms with Crippen molar-refractivity contribution < 1.29 is 19.4 Å². The molecular formula is C27H36N2O4S. The summed E-state index contributed by atoms with van der Waals surface area (Å²) < 4.78 is 5.31. The molecule has 2 heterocycles. The third-order valence-electron chi connectivity index (χ3n) is 7.46. The molecule has 1 aromatic heterocycles. The largest absolute Gasteiger partial charge is 0.497 e. The number of carboxylic acids is 1. The first-order valence-electron chi connectivity index (χ1n) is 12.6. The number of carbonyl (C=O) groups excluding carboxylic acids is 1. The van der Waals surface area contributed by atoms with E-state index in [1.807, 2.05) is 18.2 Å². The standard InChI is InChI=1S/C27H36N2O4S/c1-33-20-8-9-25-23(17-20)22(11-13-28-25)26(30)10-7-19-12-14-29(18-24(19)27(31)32)15-16-34-21-5-3-2-4-6-21/h8-9,11,13,17,19,21,24H,2-7,10,12,14-16,18H2,1H3,(H,31,32)/t19-,24+/m0/s1. The molecule has 1 saturated heterocycles. The monoisotopic (exact) mass is 484 g/mol. The van der Waals surface area contributed by atoms with Crippen molar-refractivity contribution in [2.75, 3.05) is 32.5 Å². The predicted molar refractivity (Wildman–Crippen MR) is 137 cm³/mol. The first-order valence-corrected chi connectivity index (χ1v) is 13.6. The Morgan fingerprint density at radius 2 is 2.00 bits per heavy atom. The minimum Gasteiger partial charge on any atom is -0.497 e. The van der Waals surface area contributed by atoms with Gasteiger partial charge in [0.25, 0.3) is 0 Å². The van der Waals surface area contributed by atoms with Gasteiger partial charge in [0.1, 0.15) is 5.75 Å². The second-order valence-corrected chi connectivity index (χ2v) is 11.0. The van der Waals surface area contributed by atoms with E-state index in [2.05, 4.69) is 21.6 Å². The van der Waals surface area contributed by atoms with E-state index in [1.165, 1.54) is 32.1 Å². The number of nitrogens with zero attached hydrogens (tertiary/aromatic N) is 2. The van der Waals surface area contributed by atoms with Crippen LogP contribution < -0.4 is 4.74 Å². The van der Waals surface area contributed by atoms with E-state index in [1.54, 1.807) is 19.4 Å². The van der Waals surface area contributed by atoms with Gasteiger partial charge in [-0.25, -0.2) is 0 Å². The van der Waals surface area contributed by atoms with Crippen molar-refractivity contribution >= 4 is 34.4 Å². The van der Waals surface area contributed by atoms with Crippen LogP contribution in [-0.2, 0) is 4.79 Å². The number of carbonyl (C=O) groups is 2. The highest BCUT2D eigenvalue weighted by molar-refractivity contribution is 7.99. The maximum Gasteiger partial charge on any atom is 0.308 e. The van der Waals surface area contributed by atoms with Crippen LogP contribution in [0.1, 0.15) is 61.7 Å². The molecule has 0 amide bonds. The minimum atomic E-state index is -0.735. The number of thioether (sulfide) groups is 1. The van der Waals surface area contributed by atoms with Gasteiger partial charge in [0.2, 0.25) is 0 Å². The van der Waals surface area contributed by atoms with Crippen molar-refractivity contribution in [2.24, 2.45) is 11.8 Å². The van der Waals surface area contributed by atoms with Crippen molar-refractivity contribution in [1.29, 1.82) is 0 Å². The van der Waals surface area contributed by atoms with Gasteiger partial charge in [-0.1, -0.05) is 19.3 Å². The fourth-order valence-corrected chi connectivity index (χ4v) is 6.79. The van der Waals surface area contributed by atoms with Gasteiger partial charge in [-0.3, -0.25) is 14.6 Å². The molecule has 1 aliphatic carbocycles. The van der Waals surface area contributed by atoms with Gasteiger partial charge < -0.3 is 14.7 Å². The normalized spacial score (nSPS) is 22.0. The van der Waals surface area contributed by atoms with Crippen LogP contribution in [0.5, 0.6) is 5.75 Å². The van der Waals surface area contributed by atoms with Crippen LogP contribution in [0.4, 0.5) is 0 Å². The molecular weight excluding hydrogens is 448 g/mol. The molecule has 0 radical (unpaired) electrons. The smallest absolute Gasteiger partial charge is 0.308 e. The van der Waals surface area contributed by atoms with Gasteiger partial charge in [-0.15, -0.1) is 0 Å². The molecule has 4 rings (SSSR count). The number of ether oxygens (including phenoxy) is 1. The Balaban J connectivity index is 1.31. The van der Waals surface area contributed by atoms with Gasteiger partial charge in [0.15, 0.2) is 5.78 Å². The van der Waals surface area contributed by atoms with E-state index in [9.17, 15) is 14.7 Å². The van der Waals surface area contributed by atoms with Crippen molar-refractivity contribution in [3.8, 4) is 5.75 Å². The molecule has 0 bridgehead atoms. The lowest BCUT2D eigenvalue weighted by atomic mass is 9.81. The summed E-state index contributed by atoms with van der Waals surface area (Å²) >= 11 is 2.07. The molecule has 1 aliphatic heterocycles. The molecule has 7 heteroatoms. The number of ketones is 1. The molecule has 6 nitrogen and oxygen atoms in total. The summed E-state index contributed by atoms with van der Waals surface area (Å²) in [6.45, 7) is 2.47. The quantitative estimate of drug-likeness (QED) is 0.459. The number of likely N-dealkylation sites (tertiary alicyclic amines) is 1. The molecule has 1 saturated carbocycles. The molecule has 0 spiro atoms. The van der Waals surface area contributed by atoms with Gasteiger partial charge in [-0.05, 0) is 62.4 Å². The lowest BCUT2D eigenvalue weighted by molar-refractivity contribution is -0.146. The summed E-state index contributed by atoms with van der Waals surface area (Å²) in [6, 6.07) is 7.29. The average Bonchev–Trinajstić information content (AvgIpc) is 2.87. The first kappa shape index (κ1) is 25.0. The van der Waals surface area contributed by atoms with Crippen LogP contribution in [0.2, 0.25) is 0 Å². The number of carboxylic acid groups (broad SMARTS) is 1. The van der Waals surface area contributed by atoms with Crippen LogP contribution in [0.3, 0.4) is 0 Å². The number of aliphatic carboxylic acids is 1. The van der Waals surface area contributed by atoms with E-state index in [0.29, 0.717) is 30.7 Å². The van der Waals surface area contributed by atoms with E-state index >= 15 is 0 Å². The molecule has 1 N–H and O–H groups in total. The number of benzene rings is 1. The van der Waals surface area contributed by atoms with E-state index in [-0.39, 0.29) is 11.7 Å². The highest BCUT2D eigenvalue weighted by atomic mass is 32.2. The highest BCUT2D eigenvalue weighted by Crippen LogP contribution is 2.31. The number of pyridine rings is 1. The highest BCUT2D eigenvalue weighted by Gasteiger charge is 2.34. The topological polar surface area (TPSA) is 79.7 Å². The number of rotatable bonds is 10. The maximum atomic E-state index is 13.1. The van der Waals surface area contributed by atoms with Gasteiger partial charge in [0, 0.05) is 47.7 Å². The van der Waals surface area contributed by atoms with Crippen molar-refractivity contribution in [3.63, 3.8) is 0 Å². The van der Waals surface area contributed by atoms with Gasteiger partial charge in [-0.2, -0.15) is 11.8 Å². The Morgan fingerprint density at radius 1 is 1.18 bits per heavy atom. The summed E-state index contributed by atoms with van der Waals surface area (Å²) in [5, 5.41) is 11.5. The van der Waals surface area contributed by atoms with E-state index < -0.39 is 11.9 Å². The van der Waals surface area contributed by atoms with Crippen LogP contribution >= 0.6 is 11.8 Å². The summed E-state index contributed by atoms with van der Waals surface area (Å²) in [6.07, 6.45) is 10.2. The van der Waals surface area contributed by atoms with Crippen LogP contribution in [0.25, 0.3) is 10.9 Å². The average molecular weight is 485 g/mol. The first-order chi connectivity index (χ1) is 16.5. The minimum absolute atomic E-state index is 0.0336. The molecule has 2 aliphatic rings. The lowest BCUT2D eigenvalue weighted by Crippen LogP contribution is -2.44. The Bertz CT molecular complexity index is 992. The number of methoxy groups -OCH3 is 1. The Kier molecular flexibility index (Phi) is 8.84. The number of fused-ring (bicyclic) bond motifs is 1. The van der Waals surface area contributed by atoms with E-state index in [0.717, 1.165) is 41.4 Å². The summed E-state index contributed by atoms with van der Waals surface area (Å²) in [7, 11) is 1.60. The van der Waals surface area contributed by atoms with Crippen LogP contribution in [-0.4, -0.2) is 64.5 Å². The van der Waals surface area contributed by atoms with E-state index in [4.69, 9.17) is 4.74 Å². The fourth-order valence-electron chi connectivity index (χ4n) is 5.42. The van der Waals surface area contributed by atoms with Crippen molar-refractivity contribution in [3.05, 3.63) is 36.0 Å². The number of hydrogen-bond donors (Lipinski definition) is 1. The molecule has 184 valence electrons. The number of aromatic nitrogens is 1. The SMILES string of the molecule is COc1ccc2nccc(C(=O)CC[C@H]3CCN(CCSC4CCCCC4)C[C@H]3C(=O)O)c2c1. The third kappa shape index (κ3) is 6.30. The predicted octanol–water partition coefficient (Wildman–Crippen LogP) is 5.29. The summed E-state index contributed by atoms with van der Waals surface area (Å²) in [5.41, 5.74) is 1.39. The second-order valence-electron chi connectivity index (χ2n) is 9.63. The fraction of sp³-hybridized carbons (Fsp3) is 0.593. The molecule has 0 unspecified atom stereocenters. The molecule has 34 heavy (non-hydrogen) atoms. The zero-order chi connectivity index (χ0) is 23.9. The second kappa shape index (κ2) is 12.0. The third-order valence-corrected chi connectivity index (χ3v) is 8.82. The molecule has 2 aromatic rings. The Morgan fingerprint density at radius 3 is 2.76 bits per heavy atom. The summed E-state index contributed by atoms with van der Waals surface area (Å²) in [4.78, 5) is 31.8. The number of Topliss-reactive ketones (excluding diaryl/α,β-unsaturated/α-hetero) is 1. The molecule has 2 fully saturated rings. The van der Waals surface area contributed by atoms with Gasteiger partial charge >= 0.3 is 5.97 Å². The van der Waals surface area contributed by atoms with Crippen molar-refractivity contribution in [1.82, 2.24) is 9.88 Å². The Labute approximate surface area is 206 Å². The number of hydrogen-bond acceptors (Lipinski definition) is 6. The molecule has 1 aromatic carbocycles. The Hall–Kier alpha value is -2.12. The van der Waals surface area contributed by atoms with Crippen LogP contribution in [0, 0.1) is 11.8 Å². The lowest BCUT2D eigenvalue weighted by Gasteiger charge is -2.36. The zero-order valence-electron chi connectivity index (χ0n) is 20.1.